The molecule has 13 heavy (non-hydrogen) atoms. The van der Waals surface area contributed by atoms with Crippen molar-refractivity contribution in [1.82, 2.24) is 0 Å². The molecule has 0 bridgehead atoms. The van der Waals surface area contributed by atoms with Crippen molar-refractivity contribution in [3.63, 3.8) is 0 Å². The minimum atomic E-state index is -1.11. The summed E-state index contributed by atoms with van der Waals surface area (Å²) < 4.78 is 9.88. The van der Waals surface area contributed by atoms with Crippen molar-refractivity contribution >= 4 is 11.7 Å². The first kappa shape index (κ1) is 9.73. The van der Waals surface area contributed by atoms with Gasteiger partial charge in [-0.1, -0.05) is 0 Å². The van der Waals surface area contributed by atoms with Crippen molar-refractivity contribution in [2.24, 2.45) is 0 Å². The average Bonchev–Trinajstić information content (AvgIpc) is 2.47. The fraction of sp³-hybridized carbons (Fsp3) is 0.500. The highest BCUT2D eigenvalue weighted by Gasteiger charge is 2.34. The van der Waals surface area contributed by atoms with E-state index in [4.69, 9.17) is 20.0 Å². The summed E-state index contributed by atoms with van der Waals surface area (Å²) in [6, 6.07) is 0. The average molecular weight is 185 g/mol. The number of rotatable bonds is 4. The predicted octanol–water partition coefficient (Wildman–Crippen LogP) is 0.408. The second kappa shape index (κ2) is 4.04. The molecule has 0 fully saturated rings. The highest BCUT2D eigenvalue weighted by Crippen LogP contribution is 2.13. The van der Waals surface area contributed by atoms with E-state index in [-0.39, 0.29) is 12.3 Å². The third-order valence-electron chi connectivity index (χ3n) is 1.64. The number of hydrogen-bond acceptors (Lipinski definition) is 4. The lowest BCUT2D eigenvalue weighted by atomic mass is 10.1. The predicted molar refractivity (Wildman–Crippen MR) is 44.8 cm³/mol. The first-order valence-electron chi connectivity index (χ1n) is 3.91. The molecule has 0 amide bonds. The summed E-state index contributed by atoms with van der Waals surface area (Å²) in [5, 5.41) is 16.1. The summed E-state index contributed by atoms with van der Waals surface area (Å²) in [6.45, 7) is 1.98. The number of carboxylic acids is 1. The number of nitrogens with one attached hydrogen (secondary N) is 1. The Hall–Kier alpha value is -1.36. The van der Waals surface area contributed by atoms with E-state index >= 15 is 0 Å². The number of ether oxygens (including phenoxy) is 2. The Morgan fingerprint density at radius 3 is 3.00 bits per heavy atom. The molecule has 0 aromatic rings. The third-order valence-corrected chi connectivity index (χ3v) is 1.64. The number of aliphatic carboxylic acids is 1. The number of carbonyl (C=O) groups is 1. The Kier molecular flexibility index (Phi) is 3.02. The molecule has 5 nitrogen and oxygen atoms in total. The monoisotopic (exact) mass is 185 g/mol. The van der Waals surface area contributed by atoms with E-state index in [1.807, 2.05) is 0 Å². The molecule has 0 aromatic heterocycles. The Labute approximate surface area is 75.5 Å². The molecule has 72 valence electrons. The van der Waals surface area contributed by atoms with Gasteiger partial charge >= 0.3 is 5.97 Å². The topological polar surface area (TPSA) is 79.6 Å². The summed E-state index contributed by atoms with van der Waals surface area (Å²) in [5.41, 5.74) is 0.126. The van der Waals surface area contributed by atoms with Crippen LogP contribution in [-0.2, 0) is 14.3 Å². The second-order valence-electron chi connectivity index (χ2n) is 2.53. The van der Waals surface area contributed by atoms with Gasteiger partial charge in [-0.15, -0.1) is 0 Å². The molecular formula is C8H11NO4. The minimum absolute atomic E-state index is 0.126. The molecule has 1 heterocycles. The first-order valence-corrected chi connectivity index (χ1v) is 3.91. The zero-order valence-electron chi connectivity index (χ0n) is 7.19. The van der Waals surface area contributed by atoms with E-state index in [0.717, 1.165) is 0 Å². The van der Waals surface area contributed by atoms with Crippen LogP contribution in [0.25, 0.3) is 0 Å². The van der Waals surface area contributed by atoms with Crippen LogP contribution >= 0.6 is 0 Å². The Morgan fingerprint density at radius 1 is 1.92 bits per heavy atom. The van der Waals surface area contributed by atoms with Crippen LogP contribution in [0.5, 0.6) is 0 Å². The van der Waals surface area contributed by atoms with Gasteiger partial charge in [0, 0.05) is 6.61 Å². The molecular weight excluding hydrogens is 174 g/mol. The molecule has 1 aliphatic heterocycles. The Morgan fingerprint density at radius 2 is 2.62 bits per heavy atom. The van der Waals surface area contributed by atoms with Gasteiger partial charge in [-0.25, -0.2) is 4.79 Å². The van der Waals surface area contributed by atoms with E-state index in [0.29, 0.717) is 0 Å². The molecule has 0 radical (unpaired) electrons. The van der Waals surface area contributed by atoms with E-state index in [2.05, 4.69) is 0 Å². The van der Waals surface area contributed by atoms with Crippen LogP contribution in [0.1, 0.15) is 6.92 Å². The Balaban J connectivity index is 2.65. The summed E-state index contributed by atoms with van der Waals surface area (Å²) in [4.78, 5) is 10.7. The summed E-state index contributed by atoms with van der Waals surface area (Å²) in [5.74, 6) is -1.11. The van der Waals surface area contributed by atoms with Crippen molar-refractivity contribution in [1.29, 1.82) is 5.41 Å². The third kappa shape index (κ3) is 2.06. The lowest BCUT2D eigenvalue weighted by molar-refractivity contribution is -0.154. The van der Waals surface area contributed by atoms with Crippen LogP contribution in [0.4, 0.5) is 0 Å². The van der Waals surface area contributed by atoms with Crippen molar-refractivity contribution in [3.05, 3.63) is 12.3 Å². The molecule has 2 N–H and O–H groups in total. The molecule has 2 unspecified atom stereocenters. The van der Waals surface area contributed by atoms with E-state index < -0.39 is 18.2 Å². The van der Waals surface area contributed by atoms with Crippen LogP contribution in [0.2, 0.25) is 0 Å². The van der Waals surface area contributed by atoms with Crippen molar-refractivity contribution in [2.75, 3.05) is 6.61 Å². The van der Waals surface area contributed by atoms with E-state index in [1.54, 1.807) is 6.92 Å². The molecule has 0 saturated heterocycles. The van der Waals surface area contributed by atoms with Crippen LogP contribution in [0, 0.1) is 5.41 Å². The van der Waals surface area contributed by atoms with Crippen LogP contribution in [-0.4, -0.2) is 35.6 Å². The molecule has 0 spiro atoms. The Bertz CT molecular complexity index is 249. The molecule has 0 saturated carbocycles. The maximum atomic E-state index is 10.7. The van der Waals surface area contributed by atoms with E-state index in [9.17, 15) is 4.79 Å². The lowest BCUT2D eigenvalue weighted by Crippen LogP contribution is -2.40. The smallest absolute Gasteiger partial charge is 0.337 e. The molecule has 2 atom stereocenters. The molecule has 1 rings (SSSR count). The van der Waals surface area contributed by atoms with Gasteiger partial charge in [0.1, 0.15) is 0 Å². The van der Waals surface area contributed by atoms with Crippen molar-refractivity contribution in [2.45, 2.75) is 19.1 Å². The SMILES string of the molecule is CCOC(C(=O)O)C1OC=CC1=N. The van der Waals surface area contributed by atoms with Gasteiger partial charge < -0.3 is 20.0 Å². The normalized spacial score (nSPS) is 22.8. The van der Waals surface area contributed by atoms with Gasteiger partial charge in [0.2, 0.25) is 0 Å². The standard InChI is InChI=1S/C8H11NO4/c1-2-12-7(8(10)11)6-5(9)3-4-13-6/h3-4,6-7,9H,2H2,1H3,(H,10,11). The van der Waals surface area contributed by atoms with Crippen LogP contribution in [0.15, 0.2) is 12.3 Å². The zero-order chi connectivity index (χ0) is 9.84. The van der Waals surface area contributed by atoms with Gasteiger partial charge in [0.05, 0.1) is 12.0 Å². The quantitative estimate of drug-likeness (QED) is 0.664. The van der Waals surface area contributed by atoms with Gasteiger partial charge in [0.25, 0.3) is 0 Å². The molecule has 5 heteroatoms. The maximum absolute atomic E-state index is 10.7. The maximum Gasteiger partial charge on any atom is 0.337 e. The van der Waals surface area contributed by atoms with E-state index in [1.165, 1.54) is 12.3 Å². The molecule has 0 aliphatic carbocycles. The highest BCUT2D eigenvalue weighted by atomic mass is 16.6. The highest BCUT2D eigenvalue weighted by molar-refractivity contribution is 6.00. The fourth-order valence-electron chi connectivity index (χ4n) is 1.07. The van der Waals surface area contributed by atoms with Crippen LogP contribution in [0.3, 0.4) is 0 Å². The molecule has 1 aliphatic rings. The first-order chi connectivity index (χ1) is 6.16. The zero-order valence-corrected chi connectivity index (χ0v) is 7.19. The largest absolute Gasteiger partial charge is 0.488 e. The minimum Gasteiger partial charge on any atom is -0.488 e. The summed E-state index contributed by atoms with van der Waals surface area (Å²) in [6.07, 6.45) is 0.826. The molecule has 0 aromatic carbocycles. The lowest BCUT2D eigenvalue weighted by Gasteiger charge is -2.18. The van der Waals surface area contributed by atoms with Gasteiger partial charge in [0.15, 0.2) is 12.2 Å². The summed E-state index contributed by atoms with van der Waals surface area (Å²) >= 11 is 0. The van der Waals surface area contributed by atoms with Crippen molar-refractivity contribution in [3.8, 4) is 0 Å². The van der Waals surface area contributed by atoms with Gasteiger partial charge in [-0.2, -0.15) is 0 Å². The summed E-state index contributed by atoms with van der Waals surface area (Å²) in [7, 11) is 0. The van der Waals surface area contributed by atoms with Gasteiger partial charge in [-0.3, -0.25) is 0 Å². The fourth-order valence-corrected chi connectivity index (χ4v) is 1.07. The van der Waals surface area contributed by atoms with Crippen molar-refractivity contribution < 1.29 is 19.4 Å². The van der Waals surface area contributed by atoms with Gasteiger partial charge in [-0.05, 0) is 13.0 Å². The second-order valence-corrected chi connectivity index (χ2v) is 2.53. The number of carboxylic acid groups (broad SMARTS) is 1. The van der Waals surface area contributed by atoms with Crippen LogP contribution < -0.4 is 0 Å². The number of hydrogen-bond donors (Lipinski definition) is 2.